The first-order valence-corrected chi connectivity index (χ1v) is 7.42. The molecule has 23 heavy (non-hydrogen) atoms. The number of anilines is 1. The van der Waals surface area contributed by atoms with Gasteiger partial charge in [0.1, 0.15) is 5.02 Å². The lowest BCUT2D eigenvalue weighted by atomic mass is 10.2. The number of thiocarbonyl (C=S) groups is 1. The fourth-order valence-corrected chi connectivity index (χ4v) is 2.31. The van der Waals surface area contributed by atoms with Crippen LogP contribution in [0, 0.1) is 10.1 Å². The van der Waals surface area contributed by atoms with Gasteiger partial charge in [-0.05, 0) is 30.4 Å². The van der Waals surface area contributed by atoms with Gasteiger partial charge in [0.25, 0.3) is 5.69 Å². The number of nitrogens with one attached hydrogen (secondary N) is 2. The summed E-state index contributed by atoms with van der Waals surface area (Å²) in [6.45, 7) is 0. The monoisotopic (exact) mass is 368 g/mol. The Hall–Kier alpha value is -2.22. The van der Waals surface area contributed by atoms with Crippen molar-refractivity contribution in [3.8, 4) is 0 Å². The van der Waals surface area contributed by atoms with Crippen LogP contribution in [0.3, 0.4) is 0 Å². The third kappa shape index (κ3) is 4.88. The van der Waals surface area contributed by atoms with Gasteiger partial charge in [-0.1, -0.05) is 41.4 Å². The number of benzene rings is 2. The van der Waals surface area contributed by atoms with Crippen LogP contribution in [0.2, 0.25) is 10.0 Å². The summed E-state index contributed by atoms with van der Waals surface area (Å²) in [5, 5.41) is 18.2. The molecule has 0 aromatic heterocycles. The maximum absolute atomic E-state index is 10.9. The smallest absolute Gasteiger partial charge is 0.288 e. The van der Waals surface area contributed by atoms with Gasteiger partial charge in [-0.2, -0.15) is 5.10 Å². The zero-order valence-corrected chi connectivity index (χ0v) is 13.8. The van der Waals surface area contributed by atoms with E-state index in [2.05, 4.69) is 15.8 Å². The molecule has 2 N–H and O–H groups in total. The number of hydrogen-bond acceptors (Lipinski definition) is 4. The molecule has 0 spiro atoms. The standard InChI is InChI=1S/C14H10Cl2N4O2S/c15-11-7-12(16)13(20(21)22)6-9(11)8-17-19-14(23)18-10-4-2-1-3-5-10/h1-8H,(H2,18,19,23)/b17-8+. The van der Waals surface area contributed by atoms with Crippen molar-refractivity contribution in [2.24, 2.45) is 5.10 Å². The van der Waals surface area contributed by atoms with Crippen LogP contribution in [0.4, 0.5) is 11.4 Å². The number of nitrogens with zero attached hydrogens (tertiary/aromatic N) is 2. The SMILES string of the molecule is O=[N+]([O-])c1cc(/C=N/NC(=S)Nc2ccccc2)c(Cl)cc1Cl. The Kier molecular flexibility index (Phi) is 5.86. The topological polar surface area (TPSA) is 79.6 Å². The fourth-order valence-electron chi connectivity index (χ4n) is 1.63. The Bertz CT molecular complexity index is 769. The molecule has 0 amide bonds. The summed E-state index contributed by atoms with van der Waals surface area (Å²) in [5.74, 6) is 0. The molecular formula is C14H10Cl2N4O2S. The molecule has 0 aliphatic carbocycles. The summed E-state index contributed by atoms with van der Waals surface area (Å²) in [4.78, 5) is 10.3. The minimum atomic E-state index is -0.592. The Labute approximate surface area is 147 Å². The van der Waals surface area contributed by atoms with E-state index in [1.54, 1.807) is 0 Å². The highest BCUT2D eigenvalue weighted by molar-refractivity contribution is 7.80. The van der Waals surface area contributed by atoms with Crippen LogP contribution in [0.25, 0.3) is 0 Å². The van der Waals surface area contributed by atoms with Crippen LogP contribution in [-0.2, 0) is 0 Å². The largest absolute Gasteiger partial charge is 0.331 e. The average Bonchev–Trinajstić information content (AvgIpc) is 2.50. The molecule has 0 atom stereocenters. The van der Waals surface area contributed by atoms with E-state index in [0.717, 1.165) is 5.69 Å². The molecule has 0 aliphatic heterocycles. The van der Waals surface area contributed by atoms with Crippen molar-refractivity contribution in [2.75, 3.05) is 5.32 Å². The number of rotatable bonds is 4. The first-order valence-electron chi connectivity index (χ1n) is 6.26. The molecule has 6 nitrogen and oxygen atoms in total. The second-order valence-corrected chi connectivity index (χ2v) is 5.50. The summed E-state index contributed by atoms with van der Waals surface area (Å²) < 4.78 is 0. The summed E-state index contributed by atoms with van der Waals surface area (Å²) in [7, 11) is 0. The second kappa shape index (κ2) is 7.87. The lowest BCUT2D eigenvalue weighted by Crippen LogP contribution is -2.23. The maximum Gasteiger partial charge on any atom is 0.288 e. The van der Waals surface area contributed by atoms with Gasteiger partial charge in [0.05, 0.1) is 16.2 Å². The third-order valence-electron chi connectivity index (χ3n) is 2.66. The zero-order valence-electron chi connectivity index (χ0n) is 11.5. The van der Waals surface area contributed by atoms with E-state index >= 15 is 0 Å². The minimum Gasteiger partial charge on any atom is -0.331 e. The lowest BCUT2D eigenvalue weighted by molar-refractivity contribution is -0.384. The highest BCUT2D eigenvalue weighted by Gasteiger charge is 2.15. The predicted molar refractivity (Wildman–Crippen MR) is 96.5 cm³/mol. The maximum atomic E-state index is 10.9. The number of halogens is 2. The van der Waals surface area contributed by atoms with E-state index < -0.39 is 4.92 Å². The lowest BCUT2D eigenvalue weighted by Gasteiger charge is -2.06. The highest BCUT2D eigenvalue weighted by atomic mass is 35.5. The Morgan fingerprint density at radius 3 is 2.57 bits per heavy atom. The van der Waals surface area contributed by atoms with Gasteiger partial charge in [0.15, 0.2) is 5.11 Å². The van der Waals surface area contributed by atoms with Crippen molar-refractivity contribution < 1.29 is 4.92 Å². The van der Waals surface area contributed by atoms with Crippen molar-refractivity contribution >= 4 is 58.1 Å². The normalized spacial score (nSPS) is 10.5. The summed E-state index contributed by atoms with van der Waals surface area (Å²) in [6, 6.07) is 11.8. The molecule has 0 aliphatic rings. The summed E-state index contributed by atoms with van der Waals surface area (Å²) in [6.07, 6.45) is 1.32. The van der Waals surface area contributed by atoms with Crippen LogP contribution < -0.4 is 10.7 Å². The van der Waals surface area contributed by atoms with E-state index in [-0.39, 0.29) is 20.8 Å². The third-order valence-corrected chi connectivity index (χ3v) is 3.49. The number of para-hydroxylation sites is 1. The number of nitro groups is 1. The predicted octanol–water partition coefficient (Wildman–Crippen LogP) is 4.22. The van der Waals surface area contributed by atoms with Gasteiger partial charge >= 0.3 is 0 Å². The average molecular weight is 369 g/mol. The molecule has 2 rings (SSSR count). The molecule has 0 bridgehead atoms. The van der Waals surface area contributed by atoms with E-state index in [4.69, 9.17) is 35.4 Å². The second-order valence-electron chi connectivity index (χ2n) is 4.27. The van der Waals surface area contributed by atoms with Gasteiger partial charge < -0.3 is 5.32 Å². The van der Waals surface area contributed by atoms with Crippen LogP contribution >= 0.6 is 35.4 Å². The Balaban J connectivity index is 2.04. The molecular weight excluding hydrogens is 359 g/mol. The van der Waals surface area contributed by atoms with E-state index in [9.17, 15) is 10.1 Å². The molecule has 0 radical (unpaired) electrons. The van der Waals surface area contributed by atoms with Crippen LogP contribution in [0.1, 0.15) is 5.56 Å². The van der Waals surface area contributed by atoms with Crippen molar-refractivity contribution in [1.82, 2.24) is 5.43 Å². The van der Waals surface area contributed by atoms with Gasteiger partial charge in [-0.25, -0.2) is 0 Å². The van der Waals surface area contributed by atoms with Crippen LogP contribution in [0.5, 0.6) is 0 Å². The van der Waals surface area contributed by atoms with Crippen molar-refractivity contribution in [2.45, 2.75) is 0 Å². The van der Waals surface area contributed by atoms with Gasteiger partial charge in [-0.3, -0.25) is 15.5 Å². The molecule has 0 fully saturated rings. The first-order chi connectivity index (χ1) is 11.0. The molecule has 0 heterocycles. The molecule has 0 unspecified atom stereocenters. The fraction of sp³-hybridized carbons (Fsp3) is 0. The van der Waals surface area contributed by atoms with E-state index in [0.29, 0.717) is 5.56 Å². The highest BCUT2D eigenvalue weighted by Crippen LogP contribution is 2.29. The molecule has 0 saturated carbocycles. The summed E-state index contributed by atoms with van der Waals surface area (Å²) in [5.41, 5.74) is 3.50. The Morgan fingerprint density at radius 2 is 1.91 bits per heavy atom. The molecule has 9 heteroatoms. The Morgan fingerprint density at radius 1 is 1.22 bits per heavy atom. The molecule has 118 valence electrons. The number of hydrogen-bond donors (Lipinski definition) is 2. The molecule has 0 saturated heterocycles. The zero-order chi connectivity index (χ0) is 16.8. The van der Waals surface area contributed by atoms with Gasteiger partial charge in [0, 0.05) is 17.3 Å². The number of hydrazone groups is 1. The minimum absolute atomic E-state index is 0.0358. The summed E-state index contributed by atoms with van der Waals surface area (Å²) >= 11 is 16.8. The first kappa shape index (κ1) is 17.1. The van der Waals surface area contributed by atoms with Crippen LogP contribution in [0.15, 0.2) is 47.6 Å². The van der Waals surface area contributed by atoms with Crippen LogP contribution in [-0.4, -0.2) is 16.3 Å². The van der Waals surface area contributed by atoms with Gasteiger partial charge in [-0.15, -0.1) is 0 Å². The van der Waals surface area contributed by atoms with Gasteiger partial charge in [0.2, 0.25) is 0 Å². The quantitative estimate of drug-likeness (QED) is 0.365. The number of nitro benzene ring substituents is 1. The molecule has 2 aromatic rings. The van der Waals surface area contributed by atoms with E-state index in [1.807, 2.05) is 30.3 Å². The van der Waals surface area contributed by atoms with E-state index in [1.165, 1.54) is 18.3 Å². The molecule has 2 aromatic carbocycles. The van der Waals surface area contributed by atoms with Crippen molar-refractivity contribution in [3.05, 3.63) is 68.2 Å². The van der Waals surface area contributed by atoms with Crippen molar-refractivity contribution in [3.63, 3.8) is 0 Å². The van der Waals surface area contributed by atoms with Crippen molar-refractivity contribution in [1.29, 1.82) is 0 Å².